The van der Waals surface area contributed by atoms with Crippen LogP contribution in [0, 0.1) is 0 Å². The third-order valence-corrected chi connectivity index (χ3v) is 8.54. The molecule has 0 aliphatic heterocycles. The van der Waals surface area contributed by atoms with Gasteiger partial charge in [-0.15, -0.1) is 0 Å². The lowest BCUT2D eigenvalue weighted by atomic mass is 9.97. The molecule has 2 heterocycles. The van der Waals surface area contributed by atoms with E-state index in [0.29, 0.717) is 42.0 Å². The Kier molecular flexibility index (Phi) is 14.5. The largest absolute Gasteiger partial charge is 0.496 e. The van der Waals surface area contributed by atoms with Gasteiger partial charge in [-0.1, -0.05) is 76.2 Å². The summed E-state index contributed by atoms with van der Waals surface area (Å²) in [6, 6.07) is 26.7. The Bertz CT molecular complexity index is 2060. The van der Waals surface area contributed by atoms with Crippen LogP contribution in [-0.2, 0) is 13.1 Å². The summed E-state index contributed by atoms with van der Waals surface area (Å²) in [4.78, 5) is 23.4. The average molecular weight is 717 g/mol. The monoisotopic (exact) mass is 716 g/mol. The van der Waals surface area contributed by atoms with Crippen molar-refractivity contribution in [2.24, 2.45) is 5.73 Å². The predicted octanol–water partition coefficient (Wildman–Crippen LogP) is 8.19. The molecule has 1 amide bonds. The molecular weight excluding hydrogens is 668 g/mol. The average Bonchev–Trinajstić information content (AvgIpc) is 3.93. The third kappa shape index (κ3) is 10.7. The second-order valence-electron chi connectivity index (χ2n) is 12.7. The van der Waals surface area contributed by atoms with Crippen LogP contribution in [0.15, 0.2) is 110 Å². The van der Waals surface area contributed by atoms with Crippen LogP contribution in [0.5, 0.6) is 11.5 Å². The summed E-state index contributed by atoms with van der Waals surface area (Å²) in [5.74, 6) is 1.05. The minimum absolute atomic E-state index is 0.124. The van der Waals surface area contributed by atoms with Gasteiger partial charge in [-0.05, 0) is 70.5 Å². The molecule has 0 fully saturated rings. The zero-order chi connectivity index (χ0) is 38.3. The molecule has 0 saturated heterocycles. The fourth-order valence-electron chi connectivity index (χ4n) is 5.75. The van der Waals surface area contributed by atoms with Crippen LogP contribution in [0.4, 0.5) is 0 Å². The van der Waals surface area contributed by atoms with Crippen LogP contribution < -0.4 is 20.5 Å². The maximum atomic E-state index is 12.6. The molecule has 4 aromatic carbocycles. The Morgan fingerprint density at radius 1 is 0.717 bits per heavy atom. The molecule has 0 saturated carbocycles. The van der Waals surface area contributed by atoms with E-state index >= 15 is 0 Å². The van der Waals surface area contributed by atoms with E-state index in [1.54, 1.807) is 50.1 Å². The molecule has 0 atom stereocenters. The molecule has 0 radical (unpaired) electrons. The van der Waals surface area contributed by atoms with Gasteiger partial charge in [0.25, 0.3) is 5.91 Å². The number of aromatic amines is 2. The number of nitrogens with one attached hydrogen (secondary N) is 3. The highest BCUT2D eigenvalue weighted by atomic mass is 16.5. The molecule has 0 spiro atoms. The summed E-state index contributed by atoms with van der Waals surface area (Å²) in [7, 11) is 3.10. The van der Waals surface area contributed by atoms with E-state index < -0.39 is 5.97 Å². The van der Waals surface area contributed by atoms with Crippen LogP contribution in [-0.4, -0.2) is 51.6 Å². The second-order valence-corrected chi connectivity index (χ2v) is 12.7. The van der Waals surface area contributed by atoms with Gasteiger partial charge in [-0.3, -0.25) is 15.0 Å². The number of aromatic carboxylic acids is 1. The highest BCUT2D eigenvalue weighted by Gasteiger charge is 2.14. The fourth-order valence-corrected chi connectivity index (χ4v) is 5.75. The maximum Gasteiger partial charge on any atom is 0.335 e. The van der Waals surface area contributed by atoms with Crippen molar-refractivity contribution < 1.29 is 24.2 Å². The number of carboxylic acids is 1. The first kappa shape index (κ1) is 39.6. The number of aromatic nitrogens is 4. The highest BCUT2D eigenvalue weighted by Crippen LogP contribution is 2.31. The van der Waals surface area contributed by atoms with Crippen molar-refractivity contribution in [3.63, 3.8) is 0 Å². The molecule has 6 N–H and O–H groups in total. The van der Waals surface area contributed by atoms with Crippen molar-refractivity contribution in [2.45, 2.75) is 52.6 Å². The van der Waals surface area contributed by atoms with Crippen molar-refractivity contribution >= 4 is 11.9 Å². The molecule has 6 aromatic rings. The Morgan fingerprint density at radius 2 is 1.19 bits per heavy atom. The number of carbonyl (C=O) groups is 2. The quantitative estimate of drug-likeness (QED) is 0.0894. The van der Waals surface area contributed by atoms with Gasteiger partial charge in [0.1, 0.15) is 11.5 Å². The summed E-state index contributed by atoms with van der Waals surface area (Å²) in [6.07, 6.45) is 6.89. The first-order valence-corrected chi connectivity index (χ1v) is 17.3. The summed E-state index contributed by atoms with van der Waals surface area (Å²) in [5.41, 5.74) is 14.8. The minimum Gasteiger partial charge on any atom is -0.496 e. The van der Waals surface area contributed by atoms with E-state index in [4.69, 9.17) is 20.3 Å². The van der Waals surface area contributed by atoms with E-state index in [2.05, 4.69) is 83.7 Å². The van der Waals surface area contributed by atoms with Crippen molar-refractivity contribution in [2.75, 3.05) is 14.2 Å². The fraction of sp³-hybridized carbons (Fsp3) is 0.238. The van der Waals surface area contributed by atoms with Crippen molar-refractivity contribution in [1.82, 2.24) is 25.7 Å². The van der Waals surface area contributed by atoms with E-state index in [-0.39, 0.29) is 11.5 Å². The number of nitrogens with two attached hydrogens (primary N) is 1. The number of carbonyl (C=O) groups excluding carboxylic acids is 1. The molecule has 0 aliphatic carbocycles. The normalized spacial score (nSPS) is 10.5. The minimum atomic E-state index is -0.975. The van der Waals surface area contributed by atoms with Crippen LogP contribution in [0.2, 0.25) is 0 Å². The predicted molar refractivity (Wildman–Crippen MR) is 208 cm³/mol. The van der Waals surface area contributed by atoms with Crippen LogP contribution >= 0.6 is 0 Å². The van der Waals surface area contributed by atoms with E-state index in [9.17, 15) is 9.59 Å². The first-order chi connectivity index (χ1) is 25.6. The van der Waals surface area contributed by atoms with Gasteiger partial charge in [-0.2, -0.15) is 10.2 Å². The summed E-state index contributed by atoms with van der Waals surface area (Å²) in [5, 5.41) is 25.1. The van der Waals surface area contributed by atoms with Crippen LogP contribution in [0.25, 0.3) is 22.3 Å². The molecule has 0 bridgehead atoms. The standard InChI is InChI=1S/C21H23N3O2.C11H10N2O3.C10H15N/c1-14(2)18-7-5-4-6-16(18)11-22-21(25)15-8-9-19(20(10-15)26-3)17-12-23-24-13-17;1-16-10-4-7(11(14)15)2-3-9(10)8-5-12-13-6-8;1-8(2)10-6-4-3-5-9(10)7-11/h4-10,12-14H,11H2,1-3H3,(H,22,25)(H,23,24);2-6H,1H3,(H,12,13)(H,14,15);3-6,8H,7,11H2,1-2H3. The smallest absolute Gasteiger partial charge is 0.335 e. The number of nitrogens with zero attached hydrogens (tertiary/aromatic N) is 2. The number of methoxy groups -OCH3 is 2. The SMILES string of the molecule is CC(C)c1ccccc1CN.COc1cc(C(=O)NCc2ccccc2C(C)C)ccc1-c1cn[nH]c1.COc1cc(C(=O)O)ccc1-c1cn[nH]c1. The van der Waals surface area contributed by atoms with Gasteiger partial charge in [0, 0.05) is 53.3 Å². The Balaban J connectivity index is 0.000000197. The lowest BCUT2D eigenvalue weighted by Gasteiger charge is -2.14. The van der Waals surface area contributed by atoms with Gasteiger partial charge in [0.15, 0.2) is 0 Å². The number of carboxylic acid groups (broad SMARTS) is 1. The third-order valence-electron chi connectivity index (χ3n) is 8.54. The van der Waals surface area contributed by atoms with Gasteiger partial charge < -0.3 is 25.6 Å². The van der Waals surface area contributed by atoms with Crippen LogP contribution in [0.3, 0.4) is 0 Å². The van der Waals surface area contributed by atoms with Gasteiger partial charge in [0.05, 0.1) is 32.2 Å². The molecule has 11 nitrogen and oxygen atoms in total. The molecule has 6 rings (SSSR count). The number of amides is 1. The number of ether oxygens (including phenoxy) is 2. The molecule has 53 heavy (non-hydrogen) atoms. The number of benzene rings is 4. The zero-order valence-corrected chi connectivity index (χ0v) is 31.0. The zero-order valence-electron chi connectivity index (χ0n) is 31.0. The Labute approximate surface area is 310 Å². The summed E-state index contributed by atoms with van der Waals surface area (Å²) in [6.45, 7) is 9.83. The number of hydrogen-bond donors (Lipinski definition) is 5. The summed E-state index contributed by atoms with van der Waals surface area (Å²) >= 11 is 0. The van der Waals surface area contributed by atoms with E-state index in [0.717, 1.165) is 27.8 Å². The van der Waals surface area contributed by atoms with Gasteiger partial charge in [0.2, 0.25) is 0 Å². The molecule has 0 unspecified atom stereocenters. The molecule has 0 aliphatic rings. The topological polar surface area (TPSA) is 168 Å². The number of H-pyrrole nitrogens is 2. The second kappa shape index (κ2) is 19.4. The van der Waals surface area contributed by atoms with Gasteiger partial charge in [-0.25, -0.2) is 4.79 Å². The van der Waals surface area contributed by atoms with Crippen LogP contribution in [0.1, 0.15) is 82.5 Å². The lowest BCUT2D eigenvalue weighted by Crippen LogP contribution is -2.23. The lowest BCUT2D eigenvalue weighted by molar-refractivity contribution is 0.0696. The first-order valence-electron chi connectivity index (χ1n) is 17.3. The summed E-state index contributed by atoms with van der Waals surface area (Å²) < 4.78 is 10.6. The maximum absolute atomic E-state index is 12.6. The molecular formula is C42H48N6O5. The van der Waals surface area contributed by atoms with E-state index in [1.165, 1.54) is 35.9 Å². The highest BCUT2D eigenvalue weighted by molar-refractivity contribution is 5.95. The number of hydrogen-bond acceptors (Lipinski definition) is 7. The van der Waals surface area contributed by atoms with E-state index in [1.807, 2.05) is 24.3 Å². The molecule has 276 valence electrons. The molecule has 11 heteroatoms. The van der Waals surface area contributed by atoms with Crippen molar-refractivity contribution in [1.29, 1.82) is 0 Å². The Morgan fingerprint density at radius 3 is 1.62 bits per heavy atom. The van der Waals surface area contributed by atoms with Crippen molar-refractivity contribution in [3.8, 4) is 33.8 Å². The number of rotatable bonds is 11. The Hall–Kier alpha value is -6.20. The molecule has 2 aromatic heterocycles. The van der Waals surface area contributed by atoms with Gasteiger partial charge >= 0.3 is 5.97 Å². The van der Waals surface area contributed by atoms with Crippen molar-refractivity contribution in [3.05, 3.63) is 143 Å².